The number of carbonyl (C=O) groups is 1. The second-order valence-corrected chi connectivity index (χ2v) is 6.51. The maximum Gasteiger partial charge on any atom is 0.407 e. The fourth-order valence-electron chi connectivity index (χ4n) is 1.02. The normalized spacial score (nSPS) is 14.2. The molecule has 0 aliphatic rings. The zero-order valence-corrected chi connectivity index (χ0v) is 11.4. The first-order valence-corrected chi connectivity index (χ1v) is 6.94. The third kappa shape index (κ3) is 11.4. The van der Waals surface area contributed by atoms with Crippen LogP contribution < -0.4 is 5.32 Å². The summed E-state index contributed by atoms with van der Waals surface area (Å²) in [4.78, 5) is 11.2. The Kier molecular flexibility index (Phi) is 5.87. The van der Waals surface area contributed by atoms with E-state index < -0.39 is 27.7 Å². The minimum absolute atomic E-state index is 0.131. The molecule has 102 valence electrons. The fraction of sp³-hybridized carbons (Fsp3) is 0.900. The summed E-state index contributed by atoms with van der Waals surface area (Å²) < 4.78 is 37.8. The van der Waals surface area contributed by atoms with Crippen molar-refractivity contribution in [3.63, 3.8) is 0 Å². The number of ether oxygens (including phenoxy) is 1. The van der Waals surface area contributed by atoms with Crippen LogP contribution in [-0.2, 0) is 15.0 Å². The molecule has 0 aliphatic carbocycles. The van der Waals surface area contributed by atoms with Crippen LogP contribution >= 0.6 is 0 Å². The molecule has 5 nitrogen and oxygen atoms in total. The van der Waals surface area contributed by atoms with E-state index in [1.54, 1.807) is 27.7 Å². The lowest BCUT2D eigenvalue weighted by molar-refractivity contribution is 0.0520. The van der Waals surface area contributed by atoms with Gasteiger partial charge in [0.05, 0.1) is 5.75 Å². The van der Waals surface area contributed by atoms with Crippen molar-refractivity contribution in [3.8, 4) is 0 Å². The molecule has 0 saturated carbocycles. The van der Waals surface area contributed by atoms with E-state index in [4.69, 9.17) is 4.74 Å². The smallest absolute Gasteiger partial charge is 0.407 e. The number of alkyl carbamates (subject to hydrolysis) is 1. The summed E-state index contributed by atoms with van der Waals surface area (Å²) in [5, 5.41) is 2.50. The number of hydrogen-bond acceptors (Lipinski definition) is 4. The first-order valence-electron chi connectivity index (χ1n) is 5.39. The van der Waals surface area contributed by atoms with Crippen LogP contribution in [0.3, 0.4) is 0 Å². The topological polar surface area (TPSA) is 72.5 Å². The fourth-order valence-corrected chi connectivity index (χ4v) is 1.70. The molecule has 0 spiro atoms. The molecule has 0 saturated heterocycles. The molecule has 0 bridgehead atoms. The molecule has 1 amide bonds. The van der Waals surface area contributed by atoms with E-state index in [0.29, 0.717) is 0 Å². The highest BCUT2D eigenvalue weighted by molar-refractivity contribution is 7.86. The summed E-state index contributed by atoms with van der Waals surface area (Å²) in [7, 11) is -4.43. The summed E-state index contributed by atoms with van der Waals surface area (Å²) in [5.74, 6) is -0.655. The molecule has 7 heteroatoms. The zero-order valence-electron chi connectivity index (χ0n) is 10.6. The van der Waals surface area contributed by atoms with Crippen LogP contribution in [0.2, 0.25) is 0 Å². The van der Waals surface area contributed by atoms with Gasteiger partial charge < -0.3 is 10.1 Å². The summed E-state index contributed by atoms with van der Waals surface area (Å²) in [6.45, 7) is 7.20. The Labute approximate surface area is 102 Å². The molecule has 0 rings (SSSR count). The van der Waals surface area contributed by atoms with Crippen LogP contribution in [-0.4, -0.2) is 32.4 Å². The lowest BCUT2D eigenvalue weighted by Gasteiger charge is -2.20. The van der Waals surface area contributed by atoms with Crippen LogP contribution in [0.5, 0.6) is 0 Å². The Morgan fingerprint density at radius 2 is 1.94 bits per heavy atom. The first-order chi connectivity index (χ1) is 7.49. The van der Waals surface area contributed by atoms with Gasteiger partial charge in [0.15, 0.2) is 0 Å². The number of halogens is 1. The minimum Gasteiger partial charge on any atom is -0.444 e. The highest BCUT2D eigenvalue weighted by Crippen LogP contribution is 2.08. The Morgan fingerprint density at radius 1 is 1.41 bits per heavy atom. The monoisotopic (exact) mass is 269 g/mol. The van der Waals surface area contributed by atoms with E-state index in [9.17, 15) is 17.1 Å². The van der Waals surface area contributed by atoms with Crippen LogP contribution in [0.4, 0.5) is 8.68 Å². The van der Waals surface area contributed by atoms with E-state index in [1.807, 2.05) is 0 Å². The van der Waals surface area contributed by atoms with Crippen LogP contribution in [0.1, 0.15) is 34.1 Å². The maximum atomic E-state index is 12.2. The SMILES string of the molecule is CC(CCS(=O)(=O)F)CNC(=O)OC(C)(C)C. The quantitative estimate of drug-likeness (QED) is 0.773. The predicted octanol–water partition coefficient (Wildman–Crippen LogP) is 1.84. The lowest BCUT2D eigenvalue weighted by Crippen LogP contribution is -2.35. The Balaban J connectivity index is 3.85. The van der Waals surface area contributed by atoms with Crippen molar-refractivity contribution in [2.75, 3.05) is 12.3 Å². The highest BCUT2D eigenvalue weighted by atomic mass is 32.3. The number of rotatable bonds is 5. The molecule has 1 atom stereocenters. The van der Waals surface area contributed by atoms with Gasteiger partial charge in [-0.05, 0) is 33.1 Å². The zero-order chi connectivity index (χ0) is 13.7. The van der Waals surface area contributed by atoms with Crippen LogP contribution in [0, 0.1) is 5.92 Å². The van der Waals surface area contributed by atoms with Crippen molar-refractivity contribution < 1.29 is 21.8 Å². The number of amides is 1. The van der Waals surface area contributed by atoms with E-state index in [0.717, 1.165) is 0 Å². The van der Waals surface area contributed by atoms with Gasteiger partial charge in [0.25, 0.3) is 0 Å². The van der Waals surface area contributed by atoms with Gasteiger partial charge in [-0.1, -0.05) is 6.92 Å². The molecule has 0 aromatic rings. The molecular formula is C10H20FNO4S. The van der Waals surface area contributed by atoms with Crippen LogP contribution in [0.15, 0.2) is 0 Å². The molecule has 17 heavy (non-hydrogen) atoms. The summed E-state index contributed by atoms with van der Waals surface area (Å²) >= 11 is 0. The standard InChI is InChI=1S/C10H20FNO4S/c1-8(5-6-17(11,14)15)7-12-9(13)16-10(2,3)4/h8H,5-7H2,1-4H3,(H,12,13). The number of hydrogen-bond donors (Lipinski definition) is 1. The highest BCUT2D eigenvalue weighted by Gasteiger charge is 2.17. The summed E-state index contributed by atoms with van der Waals surface area (Å²) in [6, 6.07) is 0. The Hall–Kier alpha value is -0.850. The molecule has 0 radical (unpaired) electrons. The molecule has 0 heterocycles. The molecule has 0 aliphatic heterocycles. The van der Waals surface area contributed by atoms with Gasteiger partial charge in [-0.25, -0.2) is 4.79 Å². The second-order valence-electron chi connectivity index (χ2n) is 5.02. The molecule has 0 fully saturated rings. The number of nitrogens with one attached hydrogen (secondary N) is 1. The van der Waals surface area contributed by atoms with E-state index in [-0.39, 0.29) is 18.9 Å². The maximum absolute atomic E-state index is 12.2. The van der Waals surface area contributed by atoms with Gasteiger partial charge in [-0.3, -0.25) is 0 Å². The first kappa shape index (κ1) is 16.1. The van der Waals surface area contributed by atoms with Gasteiger partial charge in [0, 0.05) is 6.54 Å². The third-order valence-corrected chi connectivity index (χ3v) is 2.57. The molecule has 0 aromatic heterocycles. The summed E-state index contributed by atoms with van der Waals surface area (Å²) in [5.41, 5.74) is -0.574. The third-order valence-electron chi connectivity index (χ3n) is 1.85. The van der Waals surface area contributed by atoms with Crippen molar-refractivity contribution in [2.24, 2.45) is 5.92 Å². The molecule has 0 aromatic carbocycles. The minimum atomic E-state index is -4.43. The lowest BCUT2D eigenvalue weighted by atomic mass is 10.1. The Morgan fingerprint density at radius 3 is 2.35 bits per heavy atom. The van der Waals surface area contributed by atoms with Gasteiger partial charge in [0.1, 0.15) is 5.60 Å². The van der Waals surface area contributed by atoms with Crippen molar-refractivity contribution in [3.05, 3.63) is 0 Å². The van der Waals surface area contributed by atoms with Crippen molar-refractivity contribution >= 4 is 16.3 Å². The largest absolute Gasteiger partial charge is 0.444 e. The molecule has 1 N–H and O–H groups in total. The van der Waals surface area contributed by atoms with Crippen molar-refractivity contribution in [2.45, 2.75) is 39.7 Å². The van der Waals surface area contributed by atoms with Crippen molar-refractivity contribution in [1.29, 1.82) is 0 Å². The van der Waals surface area contributed by atoms with Gasteiger partial charge >= 0.3 is 16.3 Å². The Bertz CT molecular complexity index is 348. The molecule has 1 unspecified atom stereocenters. The van der Waals surface area contributed by atoms with Crippen LogP contribution in [0.25, 0.3) is 0 Å². The van der Waals surface area contributed by atoms with E-state index >= 15 is 0 Å². The van der Waals surface area contributed by atoms with Gasteiger partial charge in [0.2, 0.25) is 0 Å². The van der Waals surface area contributed by atoms with Crippen molar-refractivity contribution in [1.82, 2.24) is 5.32 Å². The predicted molar refractivity (Wildman–Crippen MR) is 62.9 cm³/mol. The average molecular weight is 269 g/mol. The van der Waals surface area contributed by atoms with Gasteiger partial charge in [-0.15, -0.1) is 3.89 Å². The van der Waals surface area contributed by atoms with E-state index in [2.05, 4.69) is 5.32 Å². The van der Waals surface area contributed by atoms with E-state index in [1.165, 1.54) is 0 Å². The number of carbonyl (C=O) groups excluding carboxylic acids is 1. The van der Waals surface area contributed by atoms with Gasteiger partial charge in [-0.2, -0.15) is 8.42 Å². The average Bonchev–Trinajstić information content (AvgIpc) is 2.07. The second kappa shape index (κ2) is 6.18. The molecular weight excluding hydrogens is 249 g/mol. The summed E-state index contributed by atoms with van der Waals surface area (Å²) in [6.07, 6.45) is -0.401.